The summed E-state index contributed by atoms with van der Waals surface area (Å²) in [6, 6.07) is 6.73. The zero-order chi connectivity index (χ0) is 11.1. The van der Waals surface area contributed by atoms with Gasteiger partial charge in [0.15, 0.2) is 0 Å². The van der Waals surface area contributed by atoms with Gasteiger partial charge < -0.3 is 11.1 Å². The summed E-state index contributed by atoms with van der Waals surface area (Å²) in [6.45, 7) is 0.720. The summed E-state index contributed by atoms with van der Waals surface area (Å²) in [6.07, 6.45) is 3.91. The largest absolute Gasteiger partial charge is 0.382 e. The third kappa shape index (κ3) is 1.80. The van der Waals surface area contributed by atoms with Crippen LogP contribution in [0.1, 0.15) is 30.7 Å². The van der Waals surface area contributed by atoms with Gasteiger partial charge in [-0.25, -0.2) is 0 Å². The number of hydrogen-bond acceptors (Lipinski definition) is 2. The number of fused-ring (bicyclic) bond motifs is 1. The number of benzene rings is 1. The van der Waals surface area contributed by atoms with Crippen LogP contribution in [0.3, 0.4) is 0 Å². The Labute approximate surface area is 101 Å². The van der Waals surface area contributed by atoms with Gasteiger partial charge in [0.2, 0.25) is 0 Å². The van der Waals surface area contributed by atoms with Crippen molar-refractivity contribution in [3.05, 3.63) is 28.8 Å². The van der Waals surface area contributed by atoms with Gasteiger partial charge in [-0.3, -0.25) is 0 Å². The quantitative estimate of drug-likeness (QED) is 0.829. The van der Waals surface area contributed by atoms with Crippen molar-refractivity contribution in [1.29, 1.82) is 0 Å². The molecule has 0 amide bonds. The molecule has 1 aliphatic heterocycles. The molecule has 1 aromatic carbocycles. The molecule has 1 heterocycles. The highest BCUT2D eigenvalue weighted by molar-refractivity contribution is 6.30. The second-order valence-corrected chi connectivity index (χ2v) is 5.42. The molecule has 2 nitrogen and oxygen atoms in total. The van der Waals surface area contributed by atoms with Gasteiger partial charge in [-0.2, -0.15) is 0 Å². The fourth-order valence-electron chi connectivity index (χ4n) is 2.73. The average Bonchev–Trinajstić information content (AvgIpc) is 3.11. The highest BCUT2D eigenvalue weighted by atomic mass is 35.5. The summed E-state index contributed by atoms with van der Waals surface area (Å²) >= 11 is 6.04. The minimum absolute atomic E-state index is 0.473. The van der Waals surface area contributed by atoms with Crippen LogP contribution in [0.5, 0.6) is 0 Å². The van der Waals surface area contributed by atoms with Crippen LogP contribution >= 0.6 is 11.6 Å². The molecule has 1 aromatic rings. The highest BCUT2D eigenvalue weighted by Crippen LogP contribution is 2.43. The summed E-state index contributed by atoms with van der Waals surface area (Å²) in [7, 11) is 0. The molecule has 1 fully saturated rings. The standard InChI is InChI=1S/C13H17ClN2/c14-10-3-4-12-11(6-10)9(7-15)5-13(16-12)8-1-2-8/h3-4,6,8-9,13,16H,1-2,5,7,15H2. The Balaban J connectivity index is 1.93. The number of anilines is 1. The molecule has 2 atom stereocenters. The first kappa shape index (κ1) is 10.4. The Hall–Kier alpha value is -0.730. The van der Waals surface area contributed by atoms with Crippen molar-refractivity contribution in [2.75, 3.05) is 11.9 Å². The number of nitrogens with one attached hydrogen (secondary N) is 1. The van der Waals surface area contributed by atoms with E-state index in [9.17, 15) is 0 Å². The van der Waals surface area contributed by atoms with Crippen molar-refractivity contribution in [2.45, 2.75) is 31.2 Å². The summed E-state index contributed by atoms with van der Waals surface area (Å²) in [5, 5.41) is 4.45. The van der Waals surface area contributed by atoms with Crippen LogP contribution in [0.4, 0.5) is 5.69 Å². The van der Waals surface area contributed by atoms with Crippen LogP contribution in [0.2, 0.25) is 5.02 Å². The number of hydrogen-bond donors (Lipinski definition) is 2. The molecule has 86 valence electrons. The van der Waals surface area contributed by atoms with Gasteiger partial charge in [-0.15, -0.1) is 0 Å². The fraction of sp³-hybridized carbons (Fsp3) is 0.538. The van der Waals surface area contributed by atoms with E-state index in [1.54, 1.807) is 0 Å². The lowest BCUT2D eigenvalue weighted by atomic mass is 9.85. The van der Waals surface area contributed by atoms with Gasteiger partial charge in [-0.05, 0) is 55.5 Å². The third-order valence-electron chi connectivity index (χ3n) is 3.81. The van der Waals surface area contributed by atoms with Gasteiger partial charge in [0.25, 0.3) is 0 Å². The number of halogens is 1. The second kappa shape index (κ2) is 3.94. The van der Waals surface area contributed by atoms with Gasteiger partial charge >= 0.3 is 0 Å². The van der Waals surface area contributed by atoms with E-state index in [2.05, 4.69) is 17.4 Å². The van der Waals surface area contributed by atoms with E-state index < -0.39 is 0 Å². The lowest BCUT2D eigenvalue weighted by Crippen LogP contribution is -2.32. The van der Waals surface area contributed by atoms with Crippen LogP contribution < -0.4 is 11.1 Å². The first-order valence-corrected chi connectivity index (χ1v) is 6.42. The van der Waals surface area contributed by atoms with E-state index >= 15 is 0 Å². The van der Waals surface area contributed by atoms with E-state index in [-0.39, 0.29) is 0 Å². The lowest BCUT2D eigenvalue weighted by Gasteiger charge is -2.33. The molecular formula is C13H17ClN2. The van der Waals surface area contributed by atoms with Gasteiger partial charge in [-0.1, -0.05) is 11.6 Å². The van der Waals surface area contributed by atoms with Crippen molar-refractivity contribution in [3.63, 3.8) is 0 Å². The summed E-state index contributed by atoms with van der Waals surface area (Å²) in [5.74, 6) is 1.35. The highest BCUT2D eigenvalue weighted by Gasteiger charge is 2.36. The Morgan fingerprint density at radius 3 is 2.88 bits per heavy atom. The van der Waals surface area contributed by atoms with Crippen LogP contribution in [0.25, 0.3) is 0 Å². The minimum Gasteiger partial charge on any atom is -0.382 e. The van der Waals surface area contributed by atoms with Crippen LogP contribution in [0, 0.1) is 5.92 Å². The van der Waals surface area contributed by atoms with E-state index in [0.717, 1.165) is 23.9 Å². The van der Waals surface area contributed by atoms with E-state index in [1.807, 2.05) is 6.07 Å². The number of nitrogens with two attached hydrogens (primary N) is 1. The zero-order valence-corrected chi connectivity index (χ0v) is 10.0. The third-order valence-corrected chi connectivity index (χ3v) is 4.04. The van der Waals surface area contributed by atoms with Gasteiger partial charge in [0.1, 0.15) is 0 Å². The van der Waals surface area contributed by atoms with Gasteiger partial charge in [0.05, 0.1) is 0 Å². The van der Waals surface area contributed by atoms with Crippen LogP contribution in [-0.4, -0.2) is 12.6 Å². The van der Waals surface area contributed by atoms with Crippen LogP contribution in [-0.2, 0) is 0 Å². The Morgan fingerprint density at radius 2 is 2.19 bits per heavy atom. The lowest BCUT2D eigenvalue weighted by molar-refractivity contribution is 0.497. The summed E-state index contributed by atoms with van der Waals surface area (Å²) < 4.78 is 0. The molecule has 0 bridgehead atoms. The topological polar surface area (TPSA) is 38.0 Å². The minimum atomic E-state index is 0.473. The normalized spacial score (nSPS) is 28.4. The molecule has 0 spiro atoms. The molecule has 3 N–H and O–H groups in total. The molecule has 0 saturated heterocycles. The average molecular weight is 237 g/mol. The molecule has 1 saturated carbocycles. The van der Waals surface area contributed by atoms with Gasteiger partial charge in [0, 0.05) is 22.7 Å². The van der Waals surface area contributed by atoms with Crippen molar-refractivity contribution >= 4 is 17.3 Å². The fourth-order valence-corrected chi connectivity index (χ4v) is 2.91. The molecule has 0 aromatic heterocycles. The second-order valence-electron chi connectivity index (χ2n) is 4.99. The molecule has 2 aliphatic rings. The first-order chi connectivity index (χ1) is 7.78. The molecule has 1 aliphatic carbocycles. The molecular weight excluding hydrogens is 220 g/mol. The molecule has 3 heteroatoms. The summed E-state index contributed by atoms with van der Waals surface area (Å²) in [4.78, 5) is 0. The van der Waals surface area contributed by atoms with Crippen molar-refractivity contribution in [2.24, 2.45) is 11.7 Å². The summed E-state index contributed by atoms with van der Waals surface area (Å²) in [5.41, 5.74) is 8.42. The molecule has 0 radical (unpaired) electrons. The smallest absolute Gasteiger partial charge is 0.0410 e. The maximum Gasteiger partial charge on any atom is 0.0410 e. The Bertz CT molecular complexity index is 401. The predicted octanol–water partition coefficient (Wildman–Crippen LogP) is 2.98. The molecule has 3 rings (SSSR count). The van der Waals surface area contributed by atoms with Crippen molar-refractivity contribution in [3.8, 4) is 0 Å². The van der Waals surface area contributed by atoms with E-state index in [4.69, 9.17) is 17.3 Å². The predicted molar refractivity (Wildman–Crippen MR) is 68.0 cm³/mol. The SMILES string of the molecule is NCC1CC(C2CC2)Nc2ccc(Cl)cc21. The number of rotatable bonds is 2. The maximum absolute atomic E-state index is 6.04. The van der Waals surface area contributed by atoms with E-state index in [1.165, 1.54) is 24.1 Å². The molecule has 2 unspecified atom stereocenters. The van der Waals surface area contributed by atoms with Crippen molar-refractivity contribution < 1.29 is 0 Å². The van der Waals surface area contributed by atoms with E-state index in [0.29, 0.717) is 12.0 Å². The monoisotopic (exact) mass is 236 g/mol. The van der Waals surface area contributed by atoms with Crippen LogP contribution in [0.15, 0.2) is 18.2 Å². The Morgan fingerprint density at radius 1 is 1.38 bits per heavy atom. The Kier molecular flexibility index (Phi) is 2.56. The maximum atomic E-state index is 6.04. The first-order valence-electron chi connectivity index (χ1n) is 6.04. The van der Waals surface area contributed by atoms with Crippen molar-refractivity contribution in [1.82, 2.24) is 0 Å². The zero-order valence-electron chi connectivity index (χ0n) is 9.25. The molecule has 16 heavy (non-hydrogen) atoms.